The highest BCUT2D eigenvalue weighted by Gasteiger charge is 2.10. The fraction of sp³-hybridized carbons (Fsp3) is 0.571. The van der Waals surface area contributed by atoms with Crippen molar-refractivity contribution in [2.45, 2.75) is 13.8 Å². The molecule has 0 aromatic rings. The molecule has 0 aliphatic rings. The van der Waals surface area contributed by atoms with Gasteiger partial charge in [0.15, 0.2) is 5.78 Å². The third-order valence-corrected chi connectivity index (χ3v) is 1.14. The third-order valence-electron chi connectivity index (χ3n) is 1.14. The van der Waals surface area contributed by atoms with Crippen LogP contribution in [0.5, 0.6) is 0 Å². The molecule has 0 aliphatic carbocycles. The molecule has 2 heteroatoms. The summed E-state index contributed by atoms with van der Waals surface area (Å²) < 4.78 is 0. The first-order chi connectivity index (χ1) is 4.09. The van der Waals surface area contributed by atoms with Crippen LogP contribution in [0.4, 0.5) is 0 Å². The molecule has 0 bridgehead atoms. The van der Waals surface area contributed by atoms with E-state index in [9.17, 15) is 4.79 Å². The number of aliphatic hydroxyl groups is 1. The molecular formula is C7H12O2. The van der Waals surface area contributed by atoms with Crippen LogP contribution < -0.4 is 0 Å². The number of rotatable bonds is 3. The van der Waals surface area contributed by atoms with E-state index in [2.05, 4.69) is 6.58 Å². The summed E-state index contributed by atoms with van der Waals surface area (Å²) in [5.41, 5.74) is 0.511. The molecule has 52 valence electrons. The largest absolute Gasteiger partial charge is 0.396 e. The van der Waals surface area contributed by atoms with Gasteiger partial charge in [-0.25, -0.2) is 0 Å². The van der Waals surface area contributed by atoms with Gasteiger partial charge in [0.2, 0.25) is 0 Å². The molecule has 0 amide bonds. The minimum atomic E-state index is -0.289. The zero-order valence-corrected chi connectivity index (χ0v) is 5.85. The van der Waals surface area contributed by atoms with Crippen LogP contribution in [-0.4, -0.2) is 17.5 Å². The zero-order chi connectivity index (χ0) is 7.44. The van der Waals surface area contributed by atoms with Crippen molar-refractivity contribution >= 4 is 5.78 Å². The predicted octanol–water partition coefficient (Wildman–Crippen LogP) is 0.760. The van der Waals surface area contributed by atoms with Gasteiger partial charge >= 0.3 is 0 Å². The lowest BCUT2D eigenvalue weighted by atomic mass is 10.0. The quantitative estimate of drug-likeness (QED) is 0.570. The first kappa shape index (κ1) is 8.37. The van der Waals surface area contributed by atoms with Gasteiger partial charge in [-0.15, -0.1) is 0 Å². The van der Waals surface area contributed by atoms with Crippen molar-refractivity contribution < 1.29 is 9.90 Å². The Hall–Kier alpha value is -0.630. The lowest BCUT2D eigenvalue weighted by Gasteiger charge is -2.03. The summed E-state index contributed by atoms with van der Waals surface area (Å²) in [5.74, 6) is -0.347. The minimum Gasteiger partial charge on any atom is -0.396 e. The Bertz CT molecular complexity index is 127. The van der Waals surface area contributed by atoms with Crippen LogP contribution in [0.2, 0.25) is 0 Å². The van der Waals surface area contributed by atoms with Crippen LogP contribution >= 0.6 is 0 Å². The summed E-state index contributed by atoms with van der Waals surface area (Å²) in [6, 6.07) is 0. The summed E-state index contributed by atoms with van der Waals surface area (Å²) >= 11 is 0. The second-order valence-electron chi connectivity index (χ2n) is 2.23. The molecule has 9 heavy (non-hydrogen) atoms. The van der Waals surface area contributed by atoms with E-state index in [4.69, 9.17) is 5.11 Å². The Morgan fingerprint density at radius 3 is 2.33 bits per heavy atom. The van der Waals surface area contributed by atoms with Crippen molar-refractivity contribution in [2.75, 3.05) is 6.61 Å². The van der Waals surface area contributed by atoms with E-state index in [0.29, 0.717) is 5.57 Å². The second kappa shape index (κ2) is 3.41. The minimum absolute atomic E-state index is 0.0579. The van der Waals surface area contributed by atoms with E-state index in [1.807, 2.05) is 0 Å². The SMILES string of the molecule is C=C(C)C(=O)C(C)CO. The number of aliphatic hydroxyl groups excluding tert-OH is 1. The normalized spacial score (nSPS) is 12.8. The topological polar surface area (TPSA) is 37.3 Å². The highest BCUT2D eigenvalue weighted by molar-refractivity contribution is 5.95. The van der Waals surface area contributed by atoms with Gasteiger partial charge in [-0.05, 0) is 12.5 Å². The molecule has 0 spiro atoms. The Labute approximate surface area is 55.2 Å². The van der Waals surface area contributed by atoms with Crippen LogP contribution in [0.3, 0.4) is 0 Å². The molecule has 1 unspecified atom stereocenters. The zero-order valence-electron chi connectivity index (χ0n) is 5.85. The maximum Gasteiger partial charge on any atom is 0.163 e. The van der Waals surface area contributed by atoms with E-state index in [0.717, 1.165) is 0 Å². The number of hydrogen-bond acceptors (Lipinski definition) is 2. The number of carbonyl (C=O) groups excluding carboxylic acids is 1. The van der Waals surface area contributed by atoms with E-state index in [-0.39, 0.29) is 18.3 Å². The molecule has 0 aromatic heterocycles. The van der Waals surface area contributed by atoms with Crippen LogP contribution in [0.1, 0.15) is 13.8 Å². The predicted molar refractivity (Wildman–Crippen MR) is 36.1 cm³/mol. The Kier molecular flexibility index (Phi) is 3.17. The highest BCUT2D eigenvalue weighted by Crippen LogP contribution is 2.01. The van der Waals surface area contributed by atoms with Crippen LogP contribution in [0.25, 0.3) is 0 Å². The first-order valence-electron chi connectivity index (χ1n) is 2.90. The lowest BCUT2D eigenvalue weighted by molar-refractivity contribution is -0.119. The molecule has 0 rings (SSSR count). The van der Waals surface area contributed by atoms with Crippen LogP contribution in [-0.2, 0) is 4.79 Å². The van der Waals surface area contributed by atoms with E-state index < -0.39 is 0 Å². The molecule has 2 nitrogen and oxygen atoms in total. The Morgan fingerprint density at radius 2 is 2.22 bits per heavy atom. The average molecular weight is 128 g/mol. The average Bonchev–Trinajstić information content (AvgIpc) is 1.84. The fourth-order valence-electron chi connectivity index (χ4n) is 0.504. The van der Waals surface area contributed by atoms with Gasteiger partial charge in [-0.3, -0.25) is 4.79 Å². The third kappa shape index (κ3) is 2.42. The molecule has 0 aromatic carbocycles. The monoisotopic (exact) mass is 128 g/mol. The van der Waals surface area contributed by atoms with Gasteiger partial charge in [-0.2, -0.15) is 0 Å². The van der Waals surface area contributed by atoms with Crippen molar-refractivity contribution in [3.8, 4) is 0 Å². The molecule has 1 atom stereocenters. The highest BCUT2D eigenvalue weighted by atomic mass is 16.3. The van der Waals surface area contributed by atoms with Crippen molar-refractivity contribution in [1.29, 1.82) is 0 Å². The van der Waals surface area contributed by atoms with Crippen LogP contribution in [0, 0.1) is 5.92 Å². The van der Waals surface area contributed by atoms with Gasteiger partial charge < -0.3 is 5.11 Å². The number of hydrogen-bond donors (Lipinski definition) is 1. The van der Waals surface area contributed by atoms with Gasteiger partial charge in [0.25, 0.3) is 0 Å². The molecule has 0 saturated carbocycles. The molecule has 0 aliphatic heterocycles. The molecule has 0 saturated heterocycles. The number of Topliss-reactive ketones (excluding diaryl/α,β-unsaturated/α-hetero) is 1. The van der Waals surface area contributed by atoms with Gasteiger partial charge in [0.1, 0.15) is 0 Å². The summed E-state index contributed by atoms with van der Waals surface area (Å²) in [7, 11) is 0. The Morgan fingerprint density at radius 1 is 1.78 bits per heavy atom. The van der Waals surface area contributed by atoms with Crippen molar-refractivity contribution in [3.63, 3.8) is 0 Å². The maximum atomic E-state index is 10.8. The van der Waals surface area contributed by atoms with Gasteiger partial charge in [0, 0.05) is 5.92 Å². The molecule has 1 N–H and O–H groups in total. The van der Waals surface area contributed by atoms with Crippen molar-refractivity contribution in [3.05, 3.63) is 12.2 Å². The second-order valence-corrected chi connectivity index (χ2v) is 2.23. The molecule has 0 heterocycles. The molecule has 0 fully saturated rings. The number of carbonyl (C=O) groups is 1. The smallest absolute Gasteiger partial charge is 0.163 e. The van der Waals surface area contributed by atoms with Gasteiger partial charge in [-0.1, -0.05) is 13.5 Å². The van der Waals surface area contributed by atoms with Gasteiger partial charge in [0.05, 0.1) is 6.61 Å². The summed E-state index contributed by atoms with van der Waals surface area (Å²) in [6.45, 7) is 6.70. The first-order valence-corrected chi connectivity index (χ1v) is 2.90. The van der Waals surface area contributed by atoms with Crippen LogP contribution in [0.15, 0.2) is 12.2 Å². The number of allylic oxidation sites excluding steroid dienone is 1. The summed E-state index contributed by atoms with van der Waals surface area (Å²) in [6.07, 6.45) is 0. The van der Waals surface area contributed by atoms with E-state index in [1.165, 1.54) is 0 Å². The number of ketones is 1. The van der Waals surface area contributed by atoms with E-state index in [1.54, 1.807) is 13.8 Å². The van der Waals surface area contributed by atoms with E-state index >= 15 is 0 Å². The molecule has 0 radical (unpaired) electrons. The van der Waals surface area contributed by atoms with Crippen molar-refractivity contribution in [2.24, 2.45) is 5.92 Å². The standard InChI is InChI=1S/C7H12O2/c1-5(2)7(9)6(3)4-8/h6,8H,1,4H2,2-3H3. The Balaban J connectivity index is 3.88. The fourth-order valence-corrected chi connectivity index (χ4v) is 0.504. The summed E-state index contributed by atoms with van der Waals surface area (Å²) in [5, 5.41) is 8.49. The lowest BCUT2D eigenvalue weighted by Crippen LogP contribution is -2.14. The maximum absolute atomic E-state index is 10.8. The summed E-state index contributed by atoms with van der Waals surface area (Å²) in [4.78, 5) is 10.8. The molecular weight excluding hydrogens is 116 g/mol. The van der Waals surface area contributed by atoms with Crippen molar-refractivity contribution in [1.82, 2.24) is 0 Å².